The maximum Gasteiger partial charge on any atom is 0.163 e. The van der Waals surface area contributed by atoms with Crippen molar-refractivity contribution in [1.29, 1.82) is 0 Å². The van der Waals surface area contributed by atoms with Crippen molar-refractivity contribution in [1.82, 2.24) is 4.90 Å². The summed E-state index contributed by atoms with van der Waals surface area (Å²) < 4.78 is 11.5. The molecule has 2 rings (SSSR count). The van der Waals surface area contributed by atoms with Crippen molar-refractivity contribution < 1.29 is 9.47 Å². The van der Waals surface area contributed by atoms with Crippen LogP contribution in [0.3, 0.4) is 0 Å². The van der Waals surface area contributed by atoms with Gasteiger partial charge in [0.2, 0.25) is 0 Å². The molecule has 2 heterocycles. The van der Waals surface area contributed by atoms with Crippen LogP contribution in [0.2, 0.25) is 0 Å². The molecule has 0 bridgehead atoms. The molecule has 2 fully saturated rings. The van der Waals surface area contributed by atoms with Crippen LogP contribution in [0.25, 0.3) is 0 Å². The smallest absolute Gasteiger partial charge is 0.163 e. The number of likely N-dealkylation sites (tertiary alicyclic amines) is 1. The van der Waals surface area contributed by atoms with E-state index >= 15 is 0 Å². The minimum atomic E-state index is -0.383. The van der Waals surface area contributed by atoms with Gasteiger partial charge in [0.25, 0.3) is 0 Å². The van der Waals surface area contributed by atoms with Gasteiger partial charge in [-0.25, -0.2) is 0 Å². The molecular weight excluding hydrogens is 202 g/mol. The monoisotopic (exact) mass is 227 g/mol. The summed E-state index contributed by atoms with van der Waals surface area (Å²) in [6, 6.07) is 0. The lowest BCUT2D eigenvalue weighted by molar-refractivity contribution is -0.275. The van der Waals surface area contributed by atoms with Crippen LogP contribution in [0.15, 0.2) is 0 Å². The maximum atomic E-state index is 5.94. The van der Waals surface area contributed by atoms with Crippen LogP contribution in [0.4, 0.5) is 0 Å². The first kappa shape index (κ1) is 12.3. The van der Waals surface area contributed by atoms with Gasteiger partial charge in [0, 0.05) is 6.54 Å². The zero-order valence-corrected chi connectivity index (χ0v) is 10.9. The zero-order valence-electron chi connectivity index (χ0n) is 10.9. The third kappa shape index (κ3) is 3.44. The van der Waals surface area contributed by atoms with Gasteiger partial charge in [-0.1, -0.05) is 6.92 Å². The van der Waals surface area contributed by atoms with Crippen molar-refractivity contribution in [3.8, 4) is 0 Å². The Morgan fingerprint density at radius 1 is 1.19 bits per heavy atom. The van der Waals surface area contributed by atoms with Gasteiger partial charge in [-0.05, 0) is 52.1 Å². The van der Waals surface area contributed by atoms with Gasteiger partial charge in [-0.15, -0.1) is 0 Å². The average Bonchev–Trinajstić information content (AvgIpc) is 2.20. The lowest BCUT2D eigenvalue weighted by atomic mass is 9.99. The standard InChI is InChI=1S/C13H25NO2/c1-11-4-7-14(8-5-11)10-12-6-9-15-13(2,3)16-12/h11-12H,4-10H2,1-3H3. The Bertz CT molecular complexity index is 222. The van der Waals surface area contributed by atoms with Crippen molar-refractivity contribution in [3.63, 3.8) is 0 Å². The summed E-state index contributed by atoms with van der Waals surface area (Å²) >= 11 is 0. The lowest BCUT2D eigenvalue weighted by Gasteiger charge is -2.39. The van der Waals surface area contributed by atoms with Gasteiger partial charge >= 0.3 is 0 Å². The van der Waals surface area contributed by atoms with E-state index in [1.54, 1.807) is 0 Å². The van der Waals surface area contributed by atoms with Gasteiger partial charge < -0.3 is 14.4 Å². The molecule has 3 nitrogen and oxygen atoms in total. The number of piperidine rings is 1. The predicted molar refractivity (Wildman–Crippen MR) is 64.4 cm³/mol. The zero-order chi connectivity index (χ0) is 11.6. The highest BCUT2D eigenvalue weighted by Gasteiger charge is 2.30. The fourth-order valence-electron chi connectivity index (χ4n) is 2.59. The molecule has 3 heteroatoms. The van der Waals surface area contributed by atoms with E-state index in [1.807, 2.05) is 13.8 Å². The van der Waals surface area contributed by atoms with Crippen molar-refractivity contribution in [2.24, 2.45) is 5.92 Å². The largest absolute Gasteiger partial charge is 0.350 e. The van der Waals surface area contributed by atoms with Crippen molar-refractivity contribution in [3.05, 3.63) is 0 Å². The predicted octanol–water partition coefficient (Wildman–Crippen LogP) is 2.26. The Balaban J connectivity index is 1.76. The van der Waals surface area contributed by atoms with E-state index in [0.29, 0.717) is 6.10 Å². The second kappa shape index (κ2) is 5.03. The van der Waals surface area contributed by atoms with Crippen LogP contribution >= 0.6 is 0 Å². The summed E-state index contributed by atoms with van der Waals surface area (Å²) in [5.41, 5.74) is 0. The first-order valence-corrected chi connectivity index (χ1v) is 6.59. The van der Waals surface area contributed by atoms with Crippen molar-refractivity contribution >= 4 is 0 Å². The van der Waals surface area contributed by atoms with E-state index in [2.05, 4.69) is 11.8 Å². The van der Waals surface area contributed by atoms with Gasteiger partial charge in [0.05, 0.1) is 12.7 Å². The van der Waals surface area contributed by atoms with E-state index in [-0.39, 0.29) is 5.79 Å². The lowest BCUT2D eigenvalue weighted by Crippen LogP contribution is -2.46. The van der Waals surface area contributed by atoms with Crippen molar-refractivity contribution in [2.75, 3.05) is 26.2 Å². The number of ether oxygens (including phenoxy) is 2. The minimum absolute atomic E-state index is 0.358. The van der Waals surface area contributed by atoms with E-state index in [9.17, 15) is 0 Å². The van der Waals surface area contributed by atoms with Gasteiger partial charge in [-0.3, -0.25) is 0 Å². The van der Waals surface area contributed by atoms with E-state index in [1.165, 1.54) is 25.9 Å². The molecule has 0 spiro atoms. The first-order chi connectivity index (χ1) is 7.55. The molecular formula is C13H25NO2. The van der Waals surface area contributed by atoms with E-state index < -0.39 is 0 Å². The quantitative estimate of drug-likeness (QED) is 0.722. The molecule has 2 saturated heterocycles. The molecule has 0 aromatic rings. The molecule has 0 aromatic carbocycles. The Morgan fingerprint density at radius 2 is 1.88 bits per heavy atom. The highest BCUT2D eigenvalue weighted by molar-refractivity contribution is 4.76. The first-order valence-electron chi connectivity index (χ1n) is 6.59. The van der Waals surface area contributed by atoms with Crippen LogP contribution in [0, 0.1) is 5.92 Å². The summed E-state index contributed by atoms with van der Waals surface area (Å²) in [6.45, 7) is 10.8. The van der Waals surface area contributed by atoms with Gasteiger partial charge in [0.15, 0.2) is 5.79 Å². The molecule has 1 atom stereocenters. The Labute approximate surface area is 99.1 Å². The van der Waals surface area contributed by atoms with Crippen LogP contribution in [0.1, 0.15) is 40.0 Å². The molecule has 0 aromatic heterocycles. The van der Waals surface area contributed by atoms with Crippen molar-refractivity contribution in [2.45, 2.75) is 51.9 Å². The van der Waals surface area contributed by atoms with Gasteiger partial charge in [-0.2, -0.15) is 0 Å². The summed E-state index contributed by atoms with van der Waals surface area (Å²) in [4.78, 5) is 2.55. The Kier molecular flexibility index (Phi) is 3.88. The molecule has 0 radical (unpaired) electrons. The third-order valence-electron chi connectivity index (χ3n) is 3.68. The molecule has 94 valence electrons. The summed E-state index contributed by atoms with van der Waals surface area (Å²) in [5.74, 6) is 0.523. The Morgan fingerprint density at radius 3 is 2.50 bits per heavy atom. The average molecular weight is 227 g/mol. The minimum Gasteiger partial charge on any atom is -0.350 e. The topological polar surface area (TPSA) is 21.7 Å². The van der Waals surface area contributed by atoms with Gasteiger partial charge in [0.1, 0.15) is 0 Å². The number of hydrogen-bond acceptors (Lipinski definition) is 3. The molecule has 0 N–H and O–H groups in total. The number of hydrogen-bond donors (Lipinski definition) is 0. The number of nitrogens with zero attached hydrogens (tertiary/aromatic N) is 1. The summed E-state index contributed by atoms with van der Waals surface area (Å²) in [6.07, 6.45) is 4.08. The molecule has 16 heavy (non-hydrogen) atoms. The fraction of sp³-hybridized carbons (Fsp3) is 1.00. The molecule has 2 aliphatic heterocycles. The number of rotatable bonds is 2. The highest BCUT2D eigenvalue weighted by Crippen LogP contribution is 2.24. The van der Waals surface area contributed by atoms with Crippen LogP contribution in [-0.4, -0.2) is 43.0 Å². The van der Waals surface area contributed by atoms with E-state index in [4.69, 9.17) is 9.47 Å². The third-order valence-corrected chi connectivity index (χ3v) is 3.68. The van der Waals surface area contributed by atoms with Crippen LogP contribution in [0.5, 0.6) is 0 Å². The fourth-order valence-corrected chi connectivity index (χ4v) is 2.59. The molecule has 1 unspecified atom stereocenters. The highest BCUT2D eigenvalue weighted by atomic mass is 16.7. The Hall–Kier alpha value is -0.120. The molecule has 0 saturated carbocycles. The van der Waals surface area contributed by atoms with Crippen LogP contribution in [-0.2, 0) is 9.47 Å². The van der Waals surface area contributed by atoms with E-state index in [0.717, 1.165) is 25.5 Å². The maximum absolute atomic E-state index is 5.94. The SMILES string of the molecule is CC1CCN(CC2CCOC(C)(C)O2)CC1. The second-order valence-electron chi connectivity index (χ2n) is 5.76. The molecule has 2 aliphatic rings. The van der Waals surface area contributed by atoms with Crippen LogP contribution < -0.4 is 0 Å². The molecule has 0 amide bonds. The second-order valence-corrected chi connectivity index (χ2v) is 5.76. The normalized spacial score (nSPS) is 32.8. The molecule has 0 aliphatic carbocycles. The summed E-state index contributed by atoms with van der Waals surface area (Å²) in [5, 5.41) is 0. The summed E-state index contributed by atoms with van der Waals surface area (Å²) in [7, 11) is 0.